The molecule has 1 aromatic carbocycles. The molecule has 2 heterocycles. The smallest absolute Gasteiger partial charge is 0.259 e. The van der Waals surface area contributed by atoms with Gasteiger partial charge in [0.15, 0.2) is 4.77 Å². The summed E-state index contributed by atoms with van der Waals surface area (Å²) >= 11 is 5.00. The fourth-order valence-electron chi connectivity index (χ4n) is 3.22. The van der Waals surface area contributed by atoms with E-state index in [0.29, 0.717) is 42.1 Å². The number of ether oxygens (including phenoxy) is 1. The van der Waals surface area contributed by atoms with Crippen molar-refractivity contribution in [2.45, 2.75) is 18.9 Å². The van der Waals surface area contributed by atoms with Crippen LogP contribution in [0.4, 0.5) is 0 Å². The van der Waals surface area contributed by atoms with Gasteiger partial charge in [0.05, 0.1) is 30.2 Å². The number of rotatable bonds is 2. The Labute approximate surface area is 137 Å². The maximum absolute atomic E-state index is 12.9. The molecule has 120 valence electrons. The normalized spacial score (nSPS) is 21.6. The number of aromatic nitrogens is 2. The number of aromatic amines is 2. The van der Waals surface area contributed by atoms with Gasteiger partial charge in [0.25, 0.3) is 11.5 Å². The molecule has 0 radical (unpaired) electrons. The van der Waals surface area contributed by atoms with Crippen LogP contribution in [0.3, 0.4) is 0 Å². The van der Waals surface area contributed by atoms with Crippen molar-refractivity contribution in [2.75, 3.05) is 19.8 Å². The molecule has 0 bridgehead atoms. The van der Waals surface area contributed by atoms with Gasteiger partial charge in [-0.1, -0.05) is 0 Å². The molecule has 2 aromatic rings. The maximum atomic E-state index is 12.9. The quantitative estimate of drug-likeness (QED) is 0.823. The zero-order valence-corrected chi connectivity index (χ0v) is 13.3. The third-order valence-corrected chi connectivity index (χ3v) is 4.78. The van der Waals surface area contributed by atoms with Crippen LogP contribution >= 0.6 is 12.2 Å². The number of fused-ring (bicyclic) bond motifs is 1. The fraction of sp³-hybridized carbons (Fsp3) is 0.438. The highest BCUT2D eigenvalue weighted by atomic mass is 32.1. The van der Waals surface area contributed by atoms with Crippen molar-refractivity contribution in [3.63, 3.8) is 0 Å². The first-order valence-corrected chi connectivity index (χ1v) is 8.19. The molecular formula is C16H17N3O3S. The Morgan fingerprint density at radius 2 is 2.13 bits per heavy atom. The average Bonchev–Trinajstić information content (AvgIpc) is 3.38. The second kappa shape index (κ2) is 5.58. The van der Waals surface area contributed by atoms with E-state index < -0.39 is 0 Å². The standard InChI is InChI=1S/C16H17N3O3S/c20-14-11-4-3-10(7-12(11)17-16(23)18-14)15(21)19-5-6-22-8-13(19)9-1-2-9/h3-4,7,9,13H,1-2,5-6,8H2,(H2,17,18,20,23)/t13-/m0/s1. The zero-order chi connectivity index (χ0) is 16.0. The highest BCUT2D eigenvalue weighted by Crippen LogP contribution is 2.37. The predicted octanol–water partition coefficient (Wildman–Crippen LogP) is 1.84. The lowest BCUT2D eigenvalue weighted by atomic mass is 10.1. The van der Waals surface area contributed by atoms with Gasteiger partial charge in [-0.15, -0.1) is 0 Å². The van der Waals surface area contributed by atoms with Crippen LogP contribution in [0.25, 0.3) is 10.9 Å². The van der Waals surface area contributed by atoms with Crippen molar-refractivity contribution >= 4 is 29.0 Å². The van der Waals surface area contributed by atoms with E-state index in [1.165, 1.54) is 0 Å². The van der Waals surface area contributed by atoms with E-state index in [1.807, 2.05) is 4.90 Å². The van der Waals surface area contributed by atoms with Gasteiger partial charge >= 0.3 is 0 Å². The van der Waals surface area contributed by atoms with Gasteiger partial charge in [-0.3, -0.25) is 14.6 Å². The number of benzene rings is 1. The third kappa shape index (κ3) is 2.70. The Balaban J connectivity index is 1.71. The van der Waals surface area contributed by atoms with Gasteiger partial charge in [-0.25, -0.2) is 0 Å². The van der Waals surface area contributed by atoms with Gasteiger partial charge in [-0.05, 0) is 49.2 Å². The van der Waals surface area contributed by atoms with Crippen molar-refractivity contribution in [3.05, 3.63) is 38.9 Å². The Morgan fingerprint density at radius 1 is 1.30 bits per heavy atom. The van der Waals surface area contributed by atoms with E-state index in [1.54, 1.807) is 18.2 Å². The van der Waals surface area contributed by atoms with Crippen LogP contribution in [0.5, 0.6) is 0 Å². The van der Waals surface area contributed by atoms with Gasteiger partial charge < -0.3 is 14.6 Å². The summed E-state index contributed by atoms with van der Waals surface area (Å²) < 4.78 is 5.80. The van der Waals surface area contributed by atoms with Crippen molar-refractivity contribution in [3.8, 4) is 0 Å². The number of nitrogens with zero attached hydrogens (tertiary/aromatic N) is 1. The molecule has 23 heavy (non-hydrogen) atoms. The minimum Gasteiger partial charge on any atom is -0.377 e. The van der Waals surface area contributed by atoms with E-state index >= 15 is 0 Å². The van der Waals surface area contributed by atoms with E-state index in [9.17, 15) is 9.59 Å². The lowest BCUT2D eigenvalue weighted by Gasteiger charge is -2.36. The number of nitrogens with one attached hydrogen (secondary N) is 2. The average molecular weight is 331 g/mol. The number of hydrogen-bond donors (Lipinski definition) is 2. The molecule has 2 aliphatic rings. The molecule has 1 aliphatic carbocycles. The lowest BCUT2D eigenvalue weighted by molar-refractivity contribution is -0.00833. The first-order valence-electron chi connectivity index (χ1n) is 7.78. The van der Waals surface area contributed by atoms with Crippen LogP contribution < -0.4 is 5.56 Å². The number of H-pyrrole nitrogens is 2. The van der Waals surface area contributed by atoms with Gasteiger partial charge in [0.2, 0.25) is 0 Å². The molecule has 6 nitrogen and oxygen atoms in total. The Kier molecular flexibility index (Phi) is 3.54. The summed E-state index contributed by atoms with van der Waals surface area (Å²) in [5.41, 5.74) is 0.909. The number of hydrogen-bond acceptors (Lipinski definition) is 4. The molecule has 1 amide bonds. The fourth-order valence-corrected chi connectivity index (χ4v) is 3.42. The molecule has 1 saturated heterocycles. The van der Waals surface area contributed by atoms with Crippen LogP contribution in [-0.4, -0.2) is 46.6 Å². The summed E-state index contributed by atoms with van der Waals surface area (Å²) in [6.45, 7) is 1.81. The molecule has 7 heteroatoms. The third-order valence-electron chi connectivity index (χ3n) is 4.58. The van der Waals surface area contributed by atoms with Crippen molar-refractivity contribution < 1.29 is 9.53 Å². The summed E-state index contributed by atoms with van der Waals surface area (Å²) in [5, 5.41) is 0.496. The molecule has 2 fully saturated rings. The van der Waals surface area contributed by atoms with Gasteiger partial charge in [0.1, 0.15) is 0 Å². The topological polar surface area (TPSA) is 78.2 Å². The first kappa shape index (κ1) is 14.6. The Bertz CT molecular complexity index is 884. The van der Waals surface area contributed by atoms with E-state index in [0.717, 1.165) is 12.8 Å². The maximum Gasteiger partial charge on any atom is 0.259 e. The number of morpholine rings is 1. The monoisotopic (exact) mass is 331 g/mol. The van der Waals surface area contributed by atoms with Gasteiger partial charge in [-0.2, -0.15) is 0 Å². The van der Waals surface area contributed by atoms with E-state index in [2.05, 4.69) is 9.97 Å². The predicted molar refractivity (Wildman–Crippen MR) is 88.1 cm³/mol. The van der Waals surface area contributed by atoms with E-state index in [4.69, 9.17) is 17.0 Å². The Morgan fingerprint density at radius 3 is 2.91 bits per heavy atom. The van der Waals surface area contributed by atoms with Gasteiger partial charge in [0, 0.05) is 12.1 Å². The summed E-state index contributed by atoms with van der Waals surface area (Å²) in [4.78, 5) is 32.2. The minimum atomic E-state index is -0.245. The largest absolute Gasteiger partial charge is 0.377 e. The number of amides is 1. The van der Waals surface area contributed by atoms with Crippen molar-refractivity contribution in [1.29, 1.82) is 0 Å². The molecule has 2 N–H and O–H groups in total. The number of carbonyl (C=O) groups excluding carboxylic acids is 1. The first-order chi connectivity index (χ1) is 11.1. The molecule has 0 spiro atoms. The lowest BCUT2D eigenvalue weighted by Crippen LogP contribution is -2.49. The highest BCUT2D eigenvalue weighted by molar-refractivity contribution is 7.71. The van der Waals surface area contributed by atoms with Crippen LogP contribution in [0.15, 0.2) is 23.0 Å². The molecular weight excluding hydrogens is 314 g/mol. The zero-order valence-electron chi connectivity index (χ0n) is 12.5. The molecule has 4 rings (SSSR count). The molecule has 1 aromatic heterocycles. The van der Waals surface area contributed by atoms with Crippen molar-refractivity contribution in [2.24, 2.45) is 5.92 Å². The summed E-state index contributed by atoms with van der Waals surface area (Å²) in [5.74, 6) is 0.556. The molecule has 1 atom stereocenters. The SMILES string of the molecule is O=C(c1ccc2c(=O)[nH]c(=S)[nH]c2c1)N1CCOC[C@H]1C1CC1. The van der Waals surface area contributed by atoms with Crippen molar-refractivity contribution in [1.82, 2.24) is 14.9 Å². The van der Waals surface area contributed by atoms with Crippen LogP contribution in [0, 0.1) is 10.7 Å². The minimum absolute atomic E-state index is 0.00769. The summed E-state index contributed by atoms with van der Waals surface area (Å²) in [7, 11) is 0. The molecule has 1 aliphatic heterocycles. The second-order valence-corrected chi connectivity index (χ2v) is 6.56. The molecule has 0 unspecified atom stereocenters. The number of carbonyl (C=O) groups is 1. The second-order valence-electron chi connectivity index (χ2n) is 6.15. The van der Waals surface area contributed by atoms with E-state index in [-0.39, 0.29) is 22.3 Å². The van der Waals surface area contributed by atoms with Crippen LogP contribution in [0.2, 0.25) is 0 Å². The van der Waals surface area contributed by atoms with Crippen LogP contribution in [-0.2, 0) is 4.74 Å². The highest BCUT2D eigenvalue weighted by Gasteiger charge is 2.39. The Hall–Kier alpha value is -1.99. The molecule has 1 saturated carbocycles. The summed E-state index contributed by atoms with van der Waals surface area (Å²) in [6, 6.07) is 5.25. The van der Waals surface area contributed by atoms with Crippen LogP contribution in [0.1, 0.15) is 23.2 Å². The summed E-state index contributed by atoms with van der Waals surface area (Å²) in [6.07, 6.45) is 2.33.